The largest absolute Gasteiger partial charge is 0.460 e. The van der Waals surface area contributed by atoms with Crippen LogP contribution < -0.4 is 0 Å². The molecule has 3 nitrogen and oxygen atoms in total. The normalized spacial score (nSPS) is 44.6. The number of carbonyl (C=O) groups excluding carboxylic acids is 1. The molecule has 2 saturated carbocycles. The number of carbonyl (C=O) groups is 1. The number of ether oxygens (including phenoxy) is 2. The summed E-state index contributed by atoms with van der Waals surface area (Å²) in [4.78, 5) is 11.9. The summed E-state index contributed by atoms with van der Waals surface area (Å²) in [6, 6.07) is 0. The Morgan fingerprint density at radius 3 is 2.86 bits per heavy atom. The van der Waals surface area contributed by atoms with E-state index in [1.54, 1.807) is 0 Å². The van der Waals surface area contributed by atoms with E-state index in [-0.39, 0.29) is 17.7 Å². The topological polar surface area (TPSA) is 38.8 Å². The fourth-order valence-corrected chi connectivity index (χ4v) is 2.76. The van der Waals surface area contributed by atoms with E-state index >= 15 is 0 Å². The zero-order valence-corrected chi connectivity index (χ0v) is 8.54. The van der Waals surface area contributed by atoms with Crippen molar-refractivity contribution in [2.24, 2.45) is 0 Å². The van der Waals surface area contributed by atoms with Gasteiger partial charge in [-0.1, -0.05) is 6.92 Å². The van der Waals surface area contributed by atoms with E-state index in [4.69, 9.17) is 9.47 Å². The molecule has 0 aromatic carbocycles. The van der Waals surface area contributed by atoms with Crippen molar-refractivity contribution in [1.29, 1.82) is 0 Å². The van der Waals surface area contributed by atoms with Gasteiger partial charge >= 0.3 is 5.97 Å². The van der Waals surface area contributed by atoms with Gasteiger partial charge in [0.1, 0.15) is 11.7 Å². The third kappa shape index (κ3) is 0.937. The van der Waals surface area contributed by atoms with Crippen LogP contribution in [0.1, 0.15) is 45.4 Å². The quantitative estimate of drug-likeness (QED) is 0.510. The van der Waals surface area contributed by atoms with E-state index in [0.29, 0.717) is 0 Å². The van der Waals surface area contributed by atoms with E-state index < -0.39 is 5.60 Å². The summed E-state index contributed by atoms with van der Waals surface area (Å²) in [6.07, 6.45) is 6.23. The number of esters is 1. The third-order valence-corrected chi connectivity index (χ3v) is 3.87. The van der Waals surface area contributed by atoms with Crippen molar-refractivity contribution in [3.8, 4) is 0 Å². The molecule has 0 bridgehead atoms. The van der Waals surface area contributed by atoms with Gasteiger partial charge in [-0.25, -0.2) is 4.79 Å². The van der Waals surface area contributed by atoms with E-state index in [9.17, 15) is 4.79 Å². The molecule has 3 aliphatic rings. The van der Waals surface area contributed by atoms with E-state index in [2.05, 4.69) is 6.92 Å². The molecule has 1 aliphatic heterocycles. The minimum Gasteiger partial charge on any atom is -0.460 e. The minimum absolute atomic E-state index is 0.0839. The van der Waals surface area contributed by atoms with E-state index in [0.717, 1.165) is 38.5 Å². The van der Waals surface area contributed by atoms with Gasteiger partial charge in [0, 0.05) is 0 Å². The summed E-state index contributed by atoms with van der Waals surface area (Å²) in [7, 11) is 0. The molecule has 2 atom stereocenters. The van der Waals surface area contributed by atoms with Crippen LogP contribution in [-0.2, 0) is 14.3 Å². The van der Waals surface area contributed by atoms with E-state index in [1.165, 1.54) is 0 Å². The smallest absolute Gasteiger partial charge is 0.341 e. The number of epoxide rings is 1. The van der Waals surface area contributed by atoms with Crippen LogP contribution in [0.4, 0.5) is 0 Å². The van der Waals surface area contributed by atoms with Crippen LogP contribution in [0.25, 0.3) is 0 Å². The predicted molar refractivity (Wildman–Crippen MR) is 49.8 cm³/mol. The Hall–Kier alpha value is -0.570. The number of hydrogen-bond acceptors (Lipinski definition) is 3. The predicted octanol–water partition coefficient (Wildman–Crippen LogP) is 1.79. The molecule has 0 spiro atoms. The maximum absolute atomic E-state index is 11.9. The monoisotopic (exact) mass is 196 g/mol. The van der Waals surface area contributed by atoms with Gasteiger partial charge in [0.25, 0.3) is 0 Å². The zero-order chi connectivity index (χ0) is 9.81. The summed E-state index contributed by atoms with van der Waals surface area (Å²) in [6.45, 7) is 2.09. The molecule has 78 valence electrons. The van der Waals surface area contributed by atoms with Crippen molar-refractivity contribution >= 4 is 5.97 Å². The number of rotatable bonds is 3. The van der Waals surface area contributed by atoms with Crippen molar-refractivity contribution in [2.75, 3.05) is 0 Å². The van der Waals surface area contributed by atoms with Crippen LogP contribution >= 0.6 is 0 Å². The van der Waals surface area contributed by atoms with Crippen LogP contribution in [0.5, 0.6) is 0 Å². The van der Waals surface area contributed by atoms with E-state index in [1.807, 2.05) is 0 Å². The van der Waals surface area contributed by atoms with Crippen LogP contribution in [-0.4, -0.2) is 23.3 Å². The Morgan fingerprint density at radius 2 is 2.29 bits per heavy atom. The Labute approximate surface area is 83.8 Å². The molecule has 0 N–H and O–H groups in total. The number of hydrogen-bond donors (Lipinski definition) is 0. The molecule has 1 heterocycles. The first-order chi connectivity index (χ1) is 6.72. The highest BCUT2D eigenvalue weighted by atomic mass is 16.7. The lowest BCUT2D eigenvalue weighted by Gasteiger charge is -2.09. The summed E-state index contributed by atoms with van der Waals surface area (Å²) in [5.41, 5.74) is -0.663. The van der Waals surface area contributed by atoms with Crippen LogP contribution in [0.15, 0.2) is 0 Å². The van der Waals surface area contributed by atoms with Crippen molar-refractivity contribution in [3.05, 3.63) is 0 Å². The molecule has 14 heavy (non-hydrogen) atoms. The average Bonchev–Trinajstić information content (AvgIpc) is 3.08. The zero-order valence-electron chi connectivity index (χ0n) is 8.54. The van der Waals surface area contributed by atoms with Crippen molar-refractivity contribution in [3.63, 3.8) is 0 Å². The summed E-state index contributed by atoms with van der Waals surface area (Å²) in [5.74, 6) is -0.0839. The van der Waals surface area contributed by atoms with Crippen molar-refractivity contribution < 1.29 is 14.3 Å². The summed E-state index contributed by atoms with van der Waals surface area (Å²) in [5, 5.41) is 0. The minimum atomic E-state index is -0.523. The van der Waals surface area contributed by atoms with Gasteiger partial charge in [0.15, 0.2) is 5.60 Å². The lowest BCUT2D eigenvalue weighted by Crippen LogP contribution is -2.31. The Morgan fingerprint density at radius 1 is 1.50 bits per heavy atom. The van der Waals surface area contributed by atoms with Crippen LogP contribution in [0.2, 0.25) is 0 Å². The molecule has 0 amide bonds. The maximum Gasteiger partial charge on any atom is 0.341 e. The average molecular weight is 196 g/mol. The second-order valence-corrected chi connectivity index (χ2v) is 4.74. The Kier molecular flexibility index (Phi) is 1.56. The lowest BCUT2D eigenvalue weighted by atomic mass is 9.94. The first-order valence-corrected chi connectivity index (χ1v) is 5.64. The lowest BCUT2D eigenvalue weighted by molar-refractivity contribution is -0.151. The second kappa shape index (κ2) is 2.51. The molecule has 2 unspecified atom stereocenters. The van der Waals surface area contributed by atoms with Gasteiger partial charge in [-0.2, -0.15) is 0 Å². The molecule has 0 radical (unpaired) electrons. The van der Waals surface area contributed by atoms with Gasteiger partial charge in [-0.3, -0.25) is 0 Å². The Balaban J connectivity index is 1.74. The SMILES string of the molecule is CCC12CCCC1(C(=O)OC1CC1)O2. The molecule has 3 heteroatoms. The molecular weight excluding hydrogens is 180 g/mol. The fraction of sp³-hybridized carbons (Fsp3) is 0.909. The molecule has 1 saturated heterocycles. The molecule has 0 aromatic rings. The summed E-state index contributed by atoms with van der Waals surface area (Å²) < 4.78 is 11.0. The third-order valence-electron chi connectivity index (χ3n) is 3.87. The van der Waals surface area contributed by atoms with Gasteiger partial charge in [-0.15, -0.1) is 0 Å². The molecule has 0 aromatic heterocycles. The van der Waals surface area contributed by atoms with Crippen molar-refractivity contribution in [1.82, 2.24) is 0 Å². The maximum atomic E-state index is 11.9. The van der Waals surface area contributed by atoms with Gasteiger partial charge in [0.2, 0.25) is 0 Å². The highest BCUT2D eigenvalue weighted by Gasteiger charge is 2.76. The highest BCUT2D eigenvalue weighted by molar-refractivity contribution is 5.85. The molecule has 3 fully saturated rings. The van der Waals surface area contributed by atoms with Gasteiger partial charge in [0.05, 0.1) is 0 Å². The first kappa shape index (κ1) is 8.72. The molecule has 2 aliphatic carbocycles. The van der Waals surface area contributed by atoms with Crippen LogP contribution in [0, 0.1) is 0 Å². The fourth-order valence-electron chi connectivity index (χ4n) is 2.76. The van der Waals surface area contributed by atoms with Crippen molar-refractivity contribution in [2.45, 2.75) is 62.8 Å². The second-order valence-electron chi connectivity index (χ2n) is 4.74. The van der Waals surface area contributed by atoms with Gasteiger partial charge in [-0.05, 0) is 38.5 Å². The number of fused-ring (bicyclic) bond motifs is 1. The molecular formula is C11H16O3. The summed E-state index contributed by atoms with van der Waals surface area (Å²) >= 11 is 0. The Bertz CT molecular complexity index is 284. The van der Waals surface area contributed by atoms with Crippen LogP contribution in [0.3, 0.4) is 0 Å². The standard InChI is InChI=1S/C11H16O3/c1-2-10-6-3-7-11(10,14-10)9(12)13-8-4-5-8/h8H,2-7H2,1H3. The highest BCUT2D eigenvalue weighted by Crippen LogP contribution is 2.62. The first-order valence-electron chi connectivity index (χ1n) is 5.64. The molecule has 3 rings (SSSR count). The van der Waals surface area contributed by atoms with Gasteiger partial charge < -0.3 is 9.47 Å².